The fraction of sp³-hybridized carbons (Fsp3) is 0.294. The molecule has 0 aromatic heterocycles. The van der Waals surface area contributed by atoms with Gasteiger partial charge in [0.25, 0.3) is 0 Å². The Kier molecular flexibility index (Phi) is 5.03. The lowest BCUT2D eigenvalue weighted by Crippen LogP contribution is -2.26. The third-order valence-electron chi connectivity index (χ3n) is 3.65. The van der Waals surface area contributed by atoms with E-state index < -0.39 is 11.7 Å². The number of aliphatic hydroxyl groups excluding tert-OH is 1. The van der Waals surface area contributed by atoms with Gasteiger partial charge in [0.2, 0.25) is 0 Å². The molecule has 0 atom stereocenters. The molecule has 0 saturated carbocycles. The molecule has 7 heteroatoms. The Bertz CT molecular complexity index is 721. The molecule has 0 saturated heterocycles. The van der Waals surface area contributed by atoms with Gasteiger partial charge in [-0.15, -0.1) is 0 Å². The number of hydrogen-bond acceptors (Lipinski definition) is 4. The van der Waals surface area contributed by atoms with E-state index in [-0.39, 0.29) is 13.2 Å². The summed E-state index contributed by atoms with van der Waals surface area (Å²) >= 11 is 1.46. The molecule has 2 aromatic carbocycles. The smallest absolute Gasteiger partial charge is 0.394 e. The van der Waals surface area contributed by atoms with Crippen LogP contribution in [0.3, 0.4) is 0 Å². The highest BCUT2D eigenvalue weighted by Gasteiger charge is 2.33. The van der Waals surface area contributed by atoms with Crippen LogP contribution < -0.4 is 4.90 Å². The molecule has 0 aliphatic carbocycles. The van der Waals surface area contributed by atoms with E-state index in [0.717, 1.165) is 21.5 Å². The molecular weight excluding hydrogens is 339 g/mol. The molecule has 0 amide bonds. The van der Waals surface area contributed by atoms with Gasteiger partial charge in [-0.25, -0.2) is 0 Å². The number of para-hydroxylation sites is 1. The van der Waals surface area contributed by atoms with E-state index in [1.807, 2.05) is 29.2 Å². The molecule has 0 bridgehead atoms. The standard InChI is InChI=1S/C17H16F3NO2S/c18-17(19,20)12-5-6-16-14(11-12)21(7-9-23-10-8-22)13-3-1-2-4-15(13)24-16/h1-6,11,22H,7-10H2. The van der Waals surface area contributed by atoms with Crippen molar-refractivity contribution in [1.82, 2.24) is 0 Å². The molecule has 3 rings (SSSR count). The van der Waals surface area contributed by atoms with Gasteiger partial charge in [-0.05, 0) is 30.3 Å². The Balaban J connectivity index is 1.96. The van der Waals surface area contributed by atoms with Gasteiger partial charge in [0.05, 0.1) is 36.8 Å². The molecule has 1 N–H and O–H groups in total. The summed E-state index contributed by atoms with van der Waals surface area (Å²) in [4.78, 5) is 3.61. The monoisotopic (exact) mass is 355 g/mol. The molecule has 0 unspecified atom stereocenters. The number of anilines is 2. The molecule has 2 aromatic rings. The van der Waals surface area contributed by atoms with Gasteiger partial charge in [-0.2, -0.15) is 13.2 Å². The van der Waals surface area contributed by atoms with Crippen LogP contribution in [0.25, 0.3) is 0 Å². The van der Waals surface area contributed by atoms with Crippen molar-refractivity contribution in [3.63, 3.8) is 0 Å². The van der Waals surface area contributed by atoms with Crippen LogP contribution in [-0.2, 0) is 10.9 Å². The zero-order valence-electron chi connectivity index (χ0n) is 12.7. The summed E-state index contributed by atoms with van der Waals surface area (Å²) in [7, 11) is 0. The largest absolute Gasteiger partial charge is 0.416 e. The number of fused-ring (bicyclic) bond motifs is 2. The second-order valence-electron chi connectivity index (χ2n) is 5.24. The second-order valence-corrected chi connectivity index (χ2v) is 6.32. The van der Waals surface area contributed by atoms with Crippen LogP contribution in [-0.4, -0.2) is 31.5 Å². The summed E-state index contributed by atoms with van der Waals surface area (Å²) in [6.45, 7) is 0.849. The lowest BCUT2D eigenvalue weighted by molar-refractivity contribution is -0.137. The second kappa shape index (κ2) is 7.04. The summed E-state index contributed by atoms with van der Waals surface area (Å²) in [6, 6.07) is 11.4. The van der Waals surface area contributed by atoms with Gasteiger partial charge in [0.15, 0.2) is 0 Å². The van der Waals surface area contributed by atoms with Gasteiger partial charge >= 0.3 is 6.18 Å². The van der Waals surface area contributed by atoms with E-state index in [4.69, 9.17) is 9.84 Å². The van der Waals surface area contributed by atoms with E-state index >= 15 is 0 Å². The minimum Gasteiger partial charge on any atom is -0.394 e. The zero-order chi connectivity index (χ0) is 17.2. The normalized spacial score (nSPS) is 13.6. The van der Waals surface area contributed by atoms with Gasteiger partial charge in [-0.1, -0.05) is 23.9 Å². The summed E-state index contributed by atoms with van der Waals surface area (Å²) in [5, 5.41) is 8.78. The number of halogens is 3. The maximum absolute atomic E-state index is 13.1. The summed E-state index contributed by atoms with van der Waals surface area (Å²) in [6.07, 6.45) is -4.38. The van der Waals surface area contributed by atoms with Crippen molar-refractivity contribution in [3.05, 3.63) is 48.0 Å². The molecule has 24 heavy (non-hydrogen) atoms. The number of rotatable bonds is 5. The first-order chi connectivity index (χ1) is 11.5. The molecule has 1 aliphatic heterocycles. The number of aliphatic hydroxyl groups is 1. The summed E-state index contributed by atoms with van der Waals surface area (Å²) in [5.41, 5.74) is 0.727. The SMILES string of the molecule is OCCOCCN1c2ccccc2Sc2ccc(C(F)(F)F)cc21. The Morgan fingerprint density at radius 2 is 1.75 bits per heavy atom. The van der Waals surface area contributed by atoms with Crippen molar-refractivity contribution in [2.45, 2.75) is 16.0 Å². The fourth-order valence-corrected chi connectivity index (χ4v) is 3.65. The topological polar surface area (TPSA) is 32.7 Å². The van der Waals surface area contributed by atoms with E-state index in [2.05, 4.69) is 0 Å². The molecule has 0 radical (unpaired) electrons. The van der Waals surface area contributed by atoms with E-state index in [1.54, 1.807) is 0 Å². The number of benzene rings is 2. The van der Waals surface area contributed by atoms with Crippen molar-refractivity contribution in [2.75, 3.05) is 31.3 Å². The van der Waals surface area contributed by atoms with E-state index in [9.17, 15) is 13.2 Å². The third kappa shape index (κ3) is 3.53. The molecule has 1 aliphatic rings. The van der Waals surface area contributed by atoms with E-state index in [1.165, 1.54) is 23.9 Å². The Labute approximate surface area is 142 Å². The number of alkyl halides is 3. The van der Waals surface area contributed by atoms with Crippen molar-refractivity contribution < 1.29 is 23.0 Å². The molecule has 128 valence electrons. The molecule has 1 heterocycles. The average Bonchev–Trinajstić information content (AvgIpc) is 2.56. The average molecular weight is 355 g/mol. The highest BCUT2D eigenvalue weighted by Crippen LogP contribution is 2.49. The first-order valence-corrected chi connectivity index (χ1v) is 8.26. The van der Waals surface area contributed by atoms with Crippen molar-refractivity contribution in [1.29, 1.82) is 0 Å². The lowest BCUT2D eigenvalue weighted by atomic mass is 10.1. The first kappa shape index (κ1) is 17.1. The quantitative estimate of drug-likeness (QED) is 0.810. The molecule has 3 nitrogen and oxygen atoms in total. The van der Waals surface area contributed by atoms with Gasteiger partial charge in [0, 0.05) is 16.3 Å². The molecule has 0 spiro atoms. The van der Waals surface area contributed by atoms with Crippen LogP contribution in [0, 0.1) is 0 Å². The number of ether oxygens (including phenoxy) is 1. The first-order valence-electron chi connectivity index (χ1n) is 7.45. The number of hydrogen-bond donors (Lipinski definition) is 1. The highest BCUT2D eigenvalue weighted by atomic mass is 32.2. The maximum Gasteiger partial charge on any atom is 0.416 e. The number of nitrogens with zero attached hydrogens (tertiary/aromatic N) is 1. The Morgan fingerprint density at radius 1 is 1.00 bits per heavy atom. The fourth-order valence-electron chi connectivity index (χ4n) is 2.57. The molecule has 0 fully saturated rings. The van der Waals surface area contributed by atoms with E-state index in [0.29, 0.717) is 18.8 Å². The highest BCUT2D eigenvalue weighted by molar-refractivity contribution is 7.99. The Hall–Kier alpha value is -1.70. The molecular formula is C17H16F3NO2S. The Morgan fingerprint density at radius 3 is 2.50 bits per heavy atom. The van der Waals surface area contributed by atoms with Crippen molar-refractivity contribution in [3.8, 4) is 0 Å². The van der Waals surface area contributed by atoms with Crippen LogP contribution in [0.5, 0.6) is 0 Å². The van der Waals surface area contributed by atoms with Crippen molar-refractivity contribution in [2.24, 2.45) is 0 Å². The van der Waals surface area contributed by atoms with Gasteiger partial charge in [0.1, 0.15) is 0 Å². The predicted octanol–water partition coefficient (Wildman–Crippen LogP) is 4.32. The lowest BCUT2D eigenvalue weighted by Gasteiger charge is -2.33. The van der Waals surface area contributed by atoms with Gasteiger partial charge < -0.3 is 14.7 Å². The minimum atomic E-state index is -4.38. The van der Waals surface area contributed by atoms with Crippen LogP contribution in [0.1, 0.15) is 5.56 Å². The van der Waals surface area contributed by atoms with Gasteiger partial charge in [-0.3, -0.25) is 0 Å². The van der Waals surface area contributed by atoms with Crippen LogP contribution >= 0.6 is 11.8 Å². The summed E-state index contributed by atoms with van der Waals surface area (Å²) in [5.74, 6) is 0. The predicted molar refractivity (Wildman–Crippen MR) is 86.9 cm³/mol. The van der Waals surface area contributed by atoms with Crippen LogP contribution in [0.2, 0.25) is 0 Å². The minimum absolute atomic E-state index is 0.0821. The zero-order valence-corrected chi connectivity index (χ0v) is 13.5. The maximum atomic E-state index is 13.1. The van der Waals surface area contributed by atoms with Crippen LogP contribution in [0.4, 0.5) is 24.5 Å². The van der Waals surface area contributed by atoms with Crippen LogP contribution in [0.15, 0.2) is 52.3 Å². The summed E-state index contributed by atoms with van der Waals surface area (Å²) < 4.78 is 44.5. The third-order valence-corrected chi connectivity index (χ3v) is 4.78. The van der Waals surface area contributed by atoms with Crippen molar-refractivity contribution >= 4 is 23.1 Å².